The van der Waals surface area contributed by atoms with Crippen LogP contribution >= 0.6 is 84.1 Å². The lowest BCUT2D eigenvalue weighted by Gasteiger charge is -2.11. The molecule has 30 heavy (non-hydrogen) atoms. The molecule has 0 fully saturated rings. The molecule has 2 aromatic carbocycles. The molecule has 0 amide bonds. The quantitative estimate of drug-likeness (QED) is 0.243. The van der Waals surface area contributed by atoms with Crippen molar-refractivity contribution in [3.05, 3.63) is 83.9 Å². The number of thiocarbonyl (C=S) groups is 2. The number of thioether (sulfide) groups is 4. The number of thiol groups is 1. The van der Waals surface area contributed by atoms with Crippen LogP contribution in [0, 0.1) is 0 Å². The Bertz CT molecular complexity index is 769. The normalized spacial score (nSPS) is 10.7. The van der Waals surface area contributed by atoms with E-state index in [4.69, 9.17) is 37.1 Å². The topological polar surface area (TPSA) is 0 Å². The highest BCUT2D eigenvalue weighted by Crippen LogP contribution is 2.27. The molecule has 2 rings (SSSR count). The summed E-state index contributed by atoms with van der Waals surface area (Å²) in [6, 6.07) is 16.8. The standard InChI is InChI=1S/C23H24S7/c1-3-17-5-9-19(10-6-17)13-27-22(25)29-15-21(24)16-30-23(26)28-14-20-11-7-18(4-2)8-12-20/h3-12,21,24H,1-2,13-16H2. The van der Waals surface area contributed by atoms with Crippen molar-refractivity contribution in [1.29, 1.82) is 0 Å². The first kappa shape index (κ1) is 26.1. The van der Waals surface area contributed by atoms with Crippen LogP contribution in [-0.4, -0.2) is 23.8 Å². The average molecular weight is 525 g/mol. The van der Waals surface area contributed by atoms with E-state index < -0.39 is 0 Å². The van der Waals surface area contributed by atoms with Gasteiger partial charge in [-0.05, 0) is 22.3 Å². The highest BCUT2D eigenvalue weighted by molar-refractivity contribution is 8.47. The first-order valence-electron chi connectivity index (χ1n) is 9.20. The van der Waals surface area contributed by atoms with Gasteiger partial charge in [0.15, 0.2) is 0 Å². The molecule has 158 valence electrons. The Kier molecular flexibility index (Phi) is 12.9. The Hall–Kier alpha value is -0.150. The average Bonchev–Trinajstić information content (AvgIpc) is 2.79. The van der Waals surface area contributed by atoms with Crippen molar-refractivity contribution in [2.24, 2.45) is 0 Å². The number of hydrogen-bond acceptors (Lipinski definition) is 7. The van der Waals surface area contributed by atoms with E-state index in [1.807, 2.05) is 12.2 Å². The van der Waals surface area contributed by atoms with E-state index in [1.54, 1.807) is 47.0 Å². The molecule has 0 spiro atoms. The molecule has 0 atom stereocenters. The molecule has 0 bridgehead atoms. The molecule has 0 heterocycles. The van der Waals surface area contributed by atoms with Gasteiger partial charge < -0.3 is 0 Å². The van der Waals surface area contributed by atoms with E-state index in [-0.39, 0.29) is 5.25 Å². The highest BCUT2D eigenvalue weighted by Gasteiger charge is 2.09. The van der Waals surface area contributed by atoms with Gasteiger partial charge in [-0.1, -0.05) is 98.3 Å². The maximum absolute atomic E-state index is 5.50. The minimum atomic E-state index is 0.260. The van der Waals surface area contributed by atoms with Gasteiger partial charge in [0.2, 0.25) is 0 Å². The lowest BCUT2D eigenvalue weighted by molar-refractivity contribution is 1.17. The summed E-state index contributed by atoms with van der Waals surface area (Å²) in [7, 11) is 0. The Morgan fingerprint density at radius 1 is 0.733 bits per heavy atom. The fourth-order valence-electron chi connectivity index (χ4n) is 2.24. The van der Waals surface area contributed by atoms with E-state index in [0.717, 1.165) is 41.2 Å². The molecule has 0 aliphatic heterocycles. The van der Waals surface area contributed by atoms with Crippen molar-refractivity contribution in [2.75, 3.05) is 11.5 Å². The molecule has 7 heteroatoms. The van der Waals surface area contributed by atoms with Crippen molar-refractivity contribution < 1.29 is 0 Å². The van der Waals surface area contributed by atoms with Gasteiger partial charge in [-0.3, -0.25) is 0 Å². The first-order chi connectivity index (χ1) is 14.5. The molecule has 0 saturated carbocycles. The predicted molar refractivity (Wildman–Crippen MR) is 159 cm³/mol. The third-order valence-electron chi connectivity index (χ3n) is 3.93. The van der Waals surface area contributed by atoms with Crippen LogP contribution in [0.25, 0.3) is 12.2 Å². The summed E-state index contributed by atoms with van der Waals surface area (Å²) in [5, 5.41) is 0.260. The molecule has 0 N–H and O–H groups in total. The maximum Gasteiger partial charge on any atom is 0.104 e. The first-order valence-corrected chi connectivity index (χ1v) is 14.5. The van der Waals surface area contributed by atoms with Gasteiger partial charge in [0.05, 0.1) is 0 Å². The largest absolute Gasteiger partial charge is 0.174 e. The number of benzene rings is 2. The molecular formula is C23H24S7. The van der Waals surface area contributed by atoms with Gasteiger partial charge >= 0.3 is 0 Å². The Morgan fingerprint density at radius 3 is 1.43 bits per heavy atom. The zero-order valence-electron chi connectivity index (χ0n) is 16.5. The third-order valence-corrected chi connectivity index (χ3v) is 10.7. The van der Waals surface area contributed by atoms with Crippen LogP contribution in [-0.2, 0) is 11.5 Å². The fraction of sp³-hybridized carbons (Fsp3) is 0.217. The molecule has 2 aromatic rings. The van der Waals surface area contributed by atoms with E-state index in [9.17, 15) is 0 Å². The predicted octanol–water partition coefficient (Wildman–Crippen LogP) is 8.47. The molecule has 0 radical (unpaired) electrons. The van der Waals surface area contributed by atoms with Gasteiger partial charge in [-0.25, -0.2) is 0 Å². The molecule has 0 aliphatic carbocycles. The summed E-state index contributed by atoms with van der Waals surface area (Å²) >= 11 is 22.5. The van der Waals surface area contributed by atoms with Crippen LogP contribution in [0.15, 0.2) is 61.7 Å². The number of rotatable bonds is 10. The zero-order chi connectivity index (χ0) is 21.8. The van der Waals surface area contributed by atoms with Crippen molar-refractivity contribution in [3.63, 3.8) is 0 Å². The Balaban J connectivity index is 1.59. The van der Waals surface area contributed by atoms with Crippen LogP contribution in [0.2, 0.25) is 0 Å². The molecule has 0 nitrogen and oxygen atoms in total. The third kappa shape index (κ3) is 10.4. The lowest BCUT2D eigenvalue weighted by atomic mass is 10.1. The summed E-state index contributed by atoms with van der Waals surface area (Å²) in [5.74, 6) is 3.58. The van der Waals surface area contributed by atoms with Gasteiger partial charge in [0.1, 0.15) is 7.06 Å². The SMILES string of the molecule is C=Cc1ccc(CSC(=S)SCC(S)CSC(=S)SCc2ccc(C=C)cc2)cc1. The number of hydrogen-bond donors (Lipinski definition) is 1. The summed E-state index contributed by atoms with van der Waals surface area (Å²) in [4.78, 5) is 0. The second-order valence-electron chi connectivity index (χ2n) is 6.24. The van der Waals surface area contributed by atoms with Gasteiger partial charge in [0.25, 0.3) is 0 Å². The molecule has 0 saturated heterocycles. The molecule has 0 aliphatic rings. The Labute approximate surface area is 213 Å². The van der Waals surface area contributed by atoms with E-state index >= 15 is 0 Å². The van der Waals surface area contributed by atoms with E-state index in [2.05, 4.69) is 61.7 Å². The van der Waals surface area contributed by atoms with Crippen LogP contribution < -0.4 is 0 Å². The summed E-state index contributed by atoms with van der Waals surface area (Å²) in [6.45, 7) is 7.56. The molecule has 0 unspecified atom stereocenters. The van der Waals surface area contributed by atoms with Crippen molar-refractivity contribution >= 4 is 103 Å². The van der Waals surface area contributed by atoms with Crippen molar-refractivity contribution in [3.8, 4) is 0 Å². The highest BCUT2D eigenvalue weighted by atomic mass is 32.2. The van der Waals surface area contributed by atoms with Crippen LogP contribution in [0.5, 0.6) is 0 Å². The van der Waals surface area contributed by atoms with Crippen molar-refractivity contribution in [1.82, 2.24) is 0 Å². The van der Waals surface area contributed by atoms with Crippen molar-refractivity contribution in [2.45, 2.75) is 16.8 Å². The fourth-order valence-corrected chi connectivity index (χ4v) is 6.88. The van der Waals surface area contributed by atoms with Gasteiger partial charge in [-0.15, -0.1) is 47.0 Å². The summed E-state index contributed by atoms with van der Waals surface area (Å²) < 4.78 is 1.93. The minimum absolute atomic E-state index is 0.260. The monoisotopic (exact) mass is 524 g/mol. The maximum atomic E-state index is 5.50. The van der Waals surface area contributed by atoms with Gasteiger partial charge in [0, 0.05) is 28.3 Å². The minimum Gasteiger partial charge on any atom is -0.174 e. The van der Waals surface area contributed by atoms with E-state index in [1.165, 1.54) is 11.1 Å². The molecule has 0 aromatic heterocycles. The second-order valence-corrected chi connectivity index (χ2v) is 13.4. The smallest absolute Gasteiger partial charge is 0.104 e. The summed E-state index contributed by atoms with van der Waals surface area (Å²) in [5.41, 5.74) is 4.82. The zero-order valence-corrected chi connectivity index (χ0v) is 22.3. The van der Waals surface area contributed by atoms with Crippen LogP contribution in [0.3, 0.4) is 0 Å². The van der Waals surface area contributed by atoms with Gasteiger partial charge in [-0.2, -0.15) is 12.6 Å². The Morgan fingerprint density at radius 2 is 1.10 bits per heavy atom. The second kappa shape index (κ2) is 14.8. The lowest BCUT2D eigenvalue weighted by Crippen LogP contribution is -2.08. The van der Waals surface area contributed by atoms with Crippen LogP contribution in [0.4, 0.5) is 0 Å². The summed E-state index contributed by atoms with van der Waals surface area (Å²) in [6.07, 6.45) is 3.71. The van der Waals surface area contributed by atoms with E-state index in [0.29, 0.717) is 0 Å². The van der Waals surface area contributed by atoms with Crippen LogP contribution in [0.1, 0.15) is 22.3 Å². The molecular weight excluding hydrogens is 501 g/mol.